The number of Topliss-reactive ketones (excluding diaryl/α,β-unsaturated/α-hetero) is 1. The largest absolute Gasteiger partial charge is 0.449 e. The molecule has 0 bridgehead atoms. The molecule has 0 heterocycles. The number of amides is 1. The lowest BCUT2D eigenvalue weighted by atomic mass is 10.2. The second-order valence-corrected chi connectivity index (χ2v) is 6.99. The number of halogens is 1. The fourth-order valence-corrected chi connectivity index (χ4v) is 3.06. The van der Waals surface area contributed by atoms with Gasteiger partial charge in [-0.15, -0.1) is 11.8 Å². The molecular formula is C19H18ClNO4S. The number of hydrogen-bond donors (Lipinski definition) is 1. The molecule has 2 aromatic carbocycles. The van der Waals surface area contributed by atoms with Gasteiger partial charge in [-0.3, -0.25) is 9.59 Å². The second-order valence-electron chi connectivity index (χ2n) is 5.53. The Labute approximate surface area is 161 Å². The minimum Gasteiger partial charge on any atom is -0.449 e. The van der Waals surface area contributed by atoms with E-state index in [9.17, 15) is 14.4 Å². The van der Waals surface area contributed by atoms with Gasteiger partial charge in [-0.2, -0.15) is 0 Å². The van der Waals surface area contributed by atoms with Gasteiger partial charge in [0.2, 0.25) is 0 Å². The quantitative estimate of drug-likeness (QED) is 0.565. The SMILES string of the molecule is CC(=O)CSc1ccccc1C(=O)O[C@H](C)C(=O)Nc1cccc(Cl)c1. The molecule has 0 aliphatic rings. The summed E-state index contributed by atoms with van der Waals surface area (Å²) in [6, 6.07) is 13.5. The molecule has 0 aliphatic carbocycles. The van der Waals surface area contributed by atoms with E-state index in [1.807, 2.05) is 0 Å². The minimum absolute atomic E-state index is 0.00689. The predicted octanol–water partition coefficient (Wildman–Crippen LogP) is 4.21. The highest BCUT2D eigenvalue weighted by molar-refractivity contribution is 8.00. The zero-order valence-electron chi connectivity index (χ0n) is 14.3. The van der Waals surface area contributed by atoms with Gasteiger partial charge in [-0.1, -0.05) is 29.8 Å². The first-order valence-corrected chi connectivity index (χ1v) is 9.22. The van der Waals surface area contributed by atoms with Crippen molar-refractivity contribution < 1.29 is 19.1 Å². The van der Waals surface area contributed by atoms with E-state index in [1.165, 1.54) is 25.6 Å². The van der Waals surface area contributed by atoms with Gasteiger partial charge in [0.1, 0.15) is 5.78 Å². The molecule has 0 radical (unpaired) electrons. The summed E-state index contributed by atoms with van der Waals surface area (Å²) < 4.78 is 5.27. The number of nitrogens with one attached hydrogen (secondary N) is 1. The van der Waals surface area contributed by atoms with Crippen molar-refractivity contribution in [3.63, 3.8) is 0 Å². The van der Waals surface area contributed by atoms with Crippen LogP contribution in [0.1, 0.15) is 24.2 Å². The number of hydrogen-bond acceptors (Lipinski definition) is 5. The fraction of sp³-hybridized carbons (Fsp3) is 0.211. The van der Waals surface area contributed by atoms with Crippen molar-refractivity contribution in [2.24, 2.45) is 0 Å². The van der Waals surface area contributed by atoms with Crippen LogP contribution in [0.4, 0.5) is 5.69 Å². The Morgan fingerprint density at radius 1 is 1.15 bits per heavy atom. The first-order valence-electron chi connectivity index (χ1n) is 7.85. The number of ether oxygens (including phenoxy) is 1. The predicted molar refractivity (Wildman–Crippen MR) is 103 cm³/mol. The van der Waals surface area contributed by atoms with E-state index in [0.29, 0.717) is 21.2 Å². The molecule has 0 aliphatic heterocycles. The molecule has 1 atom stereocenters. The Morgan fingerprint density at radius 2 is 1.88 bits per heavy atom. The molecule has 1 N–H and O–H groups in total. The number of ketones is 1. The molecule has 5 nitrogen and oxygen atoms in total. The number of esters is 1. The first-order chi connectivity index (χ1) is 12.4. The monoisotopic (exact) mass is 391 g/mol. The van der Waals surface area contributed by atoms with E-state index >= 15 is 0 Å². The van der Waals surface area contributed by atoms with Crippen LogP contribution in [0.15, 0.2) is 53.4 Å². The summed E-state index contributed by atoms with van der Waals surface area (Å²) in [5, 5.41) is 3.13. The van der Waals surface area contributed by atoms with Gasteiger partial charge in [0.25, 0.3) is 5.91 Å². The highest BCUT2D eigenvalue weighted by Crippen LogP contribution is 2.24. The highest BCUT2D eigenvalue weighted by Gasteiger charge is 2.21. The van der Waals surface area contributed by atoms with Crippen molar-refractivity contribution >= 4 is 46.7 Å². The summed E-state index contributed by atoms with van der Waals surface area (Å²) in [5.41, 5.74) is 0.837. The molecule has 136 valence electrons. The summed E-state index contributed by atoms with van der Waals surface area (Å²) in [5.74, 6) is -0.818. The lowest BCUT2D eigenvalue weighted by Gasteiger charge is -2.15. The number of thioether (sulfide) groups is 1. The Hall–Kier alpha value is -2.31. The molecule has 0 saturated carbocycles. The molecular weight excluding hydrogens is 374 g/mol. The van der Waals surface area contributed by atoms with Gasteiger partial charge in [0.05, 0.1) is 11.3 Å². The molecule has 0 fully saturated rings. The van der Waals surface area contributed by atoms with E-state index in [1.54, 1.807) is 48.5 Å². The maximum Gasteiger partial charge on any atom is 0.340 e. The molecule has 1 amide bonds. The average molecular weight is 392 g/mol. The van der Waals surface area contributed by atoms with Crippen molar-refractivity contribution in [1.29, 1.82) is 0 Å². The van der Waals surface area contributed by atoms with Gasteiger partial charge >= 0.3 is 5.97 Å². The normalized spacial score (nSPS) is 11.5. The molecule has 0 spiro atoms. The molecule has 0 unspecified atom stereocenters. The summed E-state index contributed by atoms with van der Waals surface area (Å²) >= 11 is 7.14. The smallest absolute Gasteiger partial charge is 0.340 e. The van der Waals surface area contributed by atoms with Crippen LogP contribution < -0.4 is 5.32 Å². The van der Waals surface area contributed by atoms with Crippen molar-refractivity contribution in [3.05, 3.63) is 59.1 Å². The van der Waals surface area contributed by atoms with Gasteiger partial charge in [-0.25, -0.2) is 4.79 Å². The second kappa shape index (κ2) is 9.40. The number of carbonyl (C=O) groups excluding carboxylic acids is 3. The van der Waals surface area contributed by atoms with Gasteiger partial charge in [0.15, 0.2) is 6.10 Å². The first kappa shape index (κ1) is 20.0. The number of rotatable bonds is 7. The van der Waals surface area contributed by atoms with Crippen LogP contribution in [-0.2, 0) is 14.3 Å². The van der Waals surface area contributed by atoms with Crippen molar-refractivity contribution in [3.8, 4) is 0 Å². The number of carbonyl (C=O) groups is 3. The van der Waals surface area contributed by atoms with Crippen LogP contribution in [0.5, 0.6) is 0 Å². The van der Waals surface area contributed by atoms with Crippen LogP contribution in [0.3, 0.4) is 0 Å². The molecule has 2 aromatic rings. The Balaban J connectivity index is 2.02. The Kier molecular flexibility index (Phi) is 7.24. The van der Waals surface area contributed by atoms with Gasteiger partial charge in [-0.05, 0) is 44.2 Å². The maximum absolute atomic E-state index is 12.4. The highest BCUT2D eigenvalue weighted by atomic mass is 35.5. The van der Waals surface area contributed by atoms with Crippen LogP contribution in [-0.4, -0.2) is 29.5 Å². The summed E-state index contributed by atoms with van der Waals surface area (Å²) in [7, 11) is 0. The number of anilines is 1. The van der Waals surface area contributed by atoms with Gasteiger partial charge < -0.3 is 10.1 Å². The van der Waals surface area contributed by atoms with E-state index in [0.717, 1.165) is 0 Å². The maximum atomic E-state index is 12.4. The third kappa shape index (κ3) is 5.89. The lowest BCUT2D eigenvalue weighted by Crippen LogP contribution is -2.30. The molecule has 26 heavy (non-hydrogen) atoms. The summed E-state index contributed by atoms with van der Waals surface area (Å²) in [4.78, 5) is 36.4. The van der Waals surface area contributed by atoms with E-state index in [4.69, 9.17) is 16.3 Å². The molecule has 7 heteroatoms. The van der Waals surface area contributed by atoms with Crippen molar-refractivity contribution in [2.45, 2.75) is 24.8 Å². The van der Waals surface area contributed by atoms with Crippen LogP contribution >= 0.6 is 23.4 Å². The van der Waals surface area contributed by atoms with Crippen molar-refractivity contribution in [2.75, 3.05) is 11.1 Å². The third-order valence-electron chi connectivity index (χ3n) is 3.28. The standard InChI is InChI=1S/C19H18ClNO4S/c1-12(22)11-26-17-9-4-3-8-16(17)19(24)25-13(2)18(23)21-15-7-5-6-14(20)10-15/h3-10,13H,11H2,1-2H3,(H,21,23)/t13-/m1/s1. The summed E-state index contributed by atoms with van der Waals surface area (Å²) in [6.07, 6.45) is -0.993. The van der Waals surface area contributed by atoms with E-state index in [2.05, 4.69) is 5.32 Å². The third-order valence-corrected chi connectivity index (χ3v) is 4.74. The Bertz CT molecular complexity index is 825. The molecule has 2 rings (SSSR count). The minimum atomic E-state index is -0.993. The average Bonchev–Trinajstić information content (AvgIpc) is 2.60. The van der Waals surface area contributed by atoms with E-state index < -0.39 is 18.0 Å². The van der Waals surface area contributed by atoms with Crippen LogP contribution in [0, 0.1) is 0 Å². The van der Waals surface area contributed by atoms with Gasteiger partial charge in [0, 0.05) is 15.6 Å². The topological polar surface area (TPSA) is 72.5 Å². The lowest BCUT2D eigenvalue weighted by molar-refractivity contribution is -0.123. The van der Waals surface area contributed by atoms with Crippen molar-refractivity contribution in [1.82, 2.24) is 0 Å². The van der Waals surface area contributed by atoms with Crippen LogP contribution in [0.2, 0.25) is 5.02 Å². The van der Waals surface area contributed by atoms with E-state index in [-0.39, 0.29) is 11.5 Å². The summed E-state index contributed by atoms with van der Waals surface area (Å²) in [6.45, 7) is 2.97. The zero-order valence-corrected chi connectivity index (χ0v) is 15.9. The number of benzene rings is 2. The molecule has 0 saturated heterocycles. The zero-order chi connectivity index (χ0) is 19.1. The Morgan fingerprint density at radius 3 is 2.58 bits per heavy atom. The van der Waals surface area contributed by atoms with Crippen LogP contribution in [0.25, 0.3) is 0 Å². The molecule has 0 aromatic heterocycles. The fourth-order valence-electron chi connectivity index (χ4n) is 2.03.